The van der Waals surface area contributed by atoms with Gasteiger partial charge in [-0.2, -0.15) is 0 Å². The van der Waals surface area contributed by atoms with Gasteiger partial charge in [-0.25, -0.2) is 0 Å². The normalized spacial score (nSPS) is 12.2. The number of aryl methyl sites for hydroxylation is 2. The van der Waals surface area contributed by atoms with E-state index in [0.29, 0.717) is 22.0 Å². The Bertz CT molecular complexity index is 632. The highest BCUT2D eigenvalue weighted by atomic mass is 35.5. The molecule has 0 saturated heterocycles. The summed E-state index contributed by atoms with van der Waals surface area (Å²) in [7, 11) is 0. The zero-order valence-corrected chi connectivity index (χ0v) is 12.3. The lowest BCUT2D eigenvalue weighted by Crippen LogP contribution is -2.27. The van der Waals surface area contributed by atoms with Crippen LogP contribution in [0.3, 0.4) is 0 Å². The molecule has 2 aromatic rings. The number of amides is 1. The van der Waals surface area contributed by atoms with E-state index in [1.807, 2.05) is 20.8 Å². The number of nitrogens with two attached hydrogens (primary N) is 1. The van der Waals surface area contributed by atoms with E-state index in [0.717, 1.165) is 11.3 Å². The maximum atomic E-state index is 12.2. The fourth-order valence-electron chi connectivity index (χ4n) is 2.17. The molecule has 0 aliphatic carbocycles. The molecule has 1 unspecified atom stereocenters. The van der Waals surface area contributed by atoms with Gasteiger partial charge in [-0.15, -0.1) is 0 Å². The van der Waals surface area contributed by atoms with Gasteiger partial charge in [-0.05, 0) is 39.0 Å². The van der Waals surface area contributed by atoms with E-state index >= 15 is 0 Å². The summed E-state index contributed by atoms with van der Waals surface area (Å²) in [5.74, 6) is 0.432. The van der Waals surface area contributed by atoms with Crippen molar-refractivity contribution < 1.29 is 9.32 Å². The Labute approximate surface area is 122 Å². The summed E-state index contributed by atoms with van der Waals surface area (Å²) in [6, 6.07) is 4.58. The molecule has 1 heterocycles. The molecule has 1 aromatic carbocycles. The maximum absolute atomic E-state index is 12.2. The predicted octanol–water partition coefficient (Wildman–Crippen LogP) is 3.02. The molecule has 0 aliphatic heterocycles. The van der Waals surface area contributed by atoms with Crippen LogP contribution in [-0.4, -0.2) is 11.1 Å². The fourth-order valence-corrected chi connectivity index (χ4v) is 2.45. The average molecular weight is 294 g/mol. The number of halogens is 1. The lowest BCUT2D eigenvalue weighted by Gasteiger charge is -2.14. The van der Waals surface area contributed by atoms with Crippen molar-refractivity contribution in [1.29, 1.82) is 0 Å². The first-order valence-corrected chi connectivity index (χ1v) is 6.56. The van der Waals surface area contributed by atoms with Gasteiger partial charge in [0.1, 0.15) is 5.76 Å². The Balaban J connectivity index is 2.19. The number of rotatable bonds is 3. The van der Waals surface area contributed by atoms with Crippen molar-refractivity contribution in [2.24, 2.45) is 0 Å². The molecule has 2 rings (SSSR count). The van der Waals surface area contributed by atoms with Crippen LogP contribution in [0.5, 0.6) is 0 Å². The van der Waals surface area contributed by atoms with Crippen molar-refractivity contribution >= 4 is 23.2 Å². The van der Waals surface area contributed by atoms with E-state index in [1.165, 1.54) is 0 Å². The molecule has 1 amide bonds. The molecular formula is C14H16ClN3O2. The smallest absolute Gasteiger partial charge is 0.253 e. The number of nitrogen functional groups attached to an aromatic ring is 1. The van der Waals surface area contributed by atoms with Crippen molar-refractivity contribution in [1.82, 2.24) is 10.5 Å². The van der Waals surface area contributed by atoms with Crippen LogP contribution in [0.15, 0.2) is 22.7 Å². The molecule has 1 aromatic heterocycles. The number of carbonyl (C=O) groups excluding carboxylic acids is 1. The Kier molecular flexibility index (Phi) is 3.99. The minimum absolute atomic E-state index is 0.220. The molecule has 106 valence electrons. The van der Waals surface area contributed by atoms with Crippen molar-refractivity contribution in [3.63, 3.8) is 0 Å². The average Bonchev–Trinajstić information content (AvgIpc) is 2.68. The molecule has 0 saturated carbocycles. The van der Waals surface area contributed by atoms with Gasteiger partial charge in [0, 0.05) is 11.3 Å². The van der Waals surface area contributed by atoms with Crippen LogP contribution in [0.25, 0.3) is 0 Å². The molecule has 0 fully saturated rings. The maximum Gasteiger partial charge on any atom is 0.253 e. The van der Waals surface area contributed by atoms with Crippen molar-refractivity contribution in [2.75, 3.05) is 5.73 Å². The van der Waals surface area contributed by atoms with E-state index in [9.17, 15) is 4.79 Å². The molecule has 0 radical (unpaired) electrons. The number of nitrogens with zero attached hydrogens (tertiary/aromatic N) is 1. The van der Waals surface area contributed by atoms with E-state index in [1.54, 1.807) is 18.2 Å². The van der Waals surface area contributed by atoms with Crippen LogP contribution in [0.1, 0.15) is 40.3 Å². The number of nitrogens with one attached hydrogen (secondary N) is 1. The first kappa shape index (κ1) is 14.4. The van der Waals surface area contributed by atoms with Gasteiger partial charge in [0.2, 0.25) is 0 Å². The monoisotopic (exact) mass is 293 g/mol. The lowest BCUT2D eigenvalue weighted by molar-refractivity contribution is 0.0940. The summed E-state index contributed by atoms with van der Waals surface area (Å²) in [5.41, 5.74) is 8.16. The van der Waals surface area contributed by atoms with E-state index in [4.69, 9.17) is 21.9 Å². The van der Waals surface area contributed by atoms with Gasteiger partial charge < -0.3 is 15.6 Å². The zero-order valence-electron chi connectivity index (χ0n) is 11.5. The fraction of sp³-hybridized carbons (Fsp3) is 0.286. The third-order valence-electron chi connectivity index (χ3n) is 3.11. The Morgan fingerprint density at radius 1 is 1.45 bits per heavy atom. The Morgan fingerprint density at radius 3 is 2.70 bits per heavy atom. The first-order valence-electron chi connectivity index (χ1n) is 6.18. The molecular weight excluding hydrogens is 278 g/mol. The molecule has 20 heavy (non-hydrogen) atoms. The number of aromatic nitrogens is 1. The summed E-state index contributed by atoms with van der Waals surface area (Å²) in [4.78, 5) is 12.2. The first-order chi connectivity index (χ1) is 9.40. The predicted molar refractivity (Wildman–Crippen MR) is 77.7 cm³/mol. The summed E-state index contributed by atoms with van der Waals surface area (Å²) in [5, 5.41) is 7.08. The minimum Gasteiger partial charge on any atom is -0.399 e. The number of benzene rings is 1. The highest BCUT2D eigenvalue weighted by Gasteiger charge is 2.20. The van der Waals surface area contributed by atoms with E-state index < -0.39 is 0 Å². The van der Waals surface area contributed by atoms with Crippen LogP contribution < -0.4 is 11.1 Å². The second kappa shape index (κ2) is 5.54. The second-order valence-electron chi connectivity index (χ2n) is 4.67. The topological polar surface area (TPSA) is 81.2 Å². The number of hydrogen-bond acceptors (Lipinski definition) is 4. The molecule has 0 bridgehead atoms. The van der Waals surface area contributed by atoms with Crippen molar-refractivity contribution in [3.8, 4) is 0 Å². The SMILES string of the molecule is Cc1noc(C)c1C(C)NC(=O)c1ccc(N)cc1Cl. The highest BCUT2D eigenvalue weighted by molar-refractivity contribution is 6.34. The van der Waals surface area contributed by atoms with Crippen LogP contribution in [0.4, 0.5) is 5.69 Å². The Morgan fingerprint density at radius 2 is 2.15 bits per heavy atom. The van der Waals surface area contributed by atoms with Crippen molar-refractivity contribution in [3.05, 3.63) is 45.8 Å². The van der Waals surface area contributed by atoms with Crippen LogP contribution >= 0.6 is 11.6 Å². The second-order valence-corrected chi connectivity index (χ2v) is 5.08. The third kappa shape index (κ3) is 2.77. The van der Waals surface area contributed by atoms with Gasteiger partial charge in [-0.3, -0.25) is 4.79 Å². The summed E-state index contributed by atoms with van der Waals surface area (Å²) >= 11 is 6.02. The van der Waals surface area contributed by atoms with Gasteiger partial charge in [0.05, 0.1) is 22.3 Å². The molecule has 1 atom stereocenters. The summed E-state index contributed by atoms with van der Waals surface area (Å²) in [6.45, 7) is 5.52. The highest BCUT2D eigenvalue weighted by Crippen LogP contribution is 2.23. The zero-order chi connectivity index (χ0) is 14.9. The standard InChI is InChI=1S/C14H16ClN3O2/c1-7(13-8(2)18-20-9(13)3)17-14(19)11-5-4-10(16)6-12(11)15/h4-7H,16H2,1-3H3,(H,17,19). The van der Waals surface area contributed by atoms with Gasteiger partial charge >= 0.3 is 0 Å². The van der Waals surface area contributed by atoms with E-state index in [-0.39, 0.29) is 11.9 Å². The molecule has 0 aliphatic rings. The molecule has 5 nitrogen and oxygen atoms in total. The van der Waals surface area contributed by atoms with Crippen LogP contribution in [-0.2, 0) is 0 Å². The quantitative estimate of drug-likeness (QED) is 0.852. The Hall–Kier alpha value is -2.01. The van der Waals surface area contributed by atoms with Gasteiger partial charge in [0.25, 0.3) is 5.91 Å². The number of hydrogen-bond donors (Lipinski definition) is 2. The minimum atomic E-state index is -0.262. The van der Waals surface area contributed by atoms with Crippen LogP contribution in [0.2, 0.25) is 5.02 Å². The van der Waals surface area contributed by atoms with Crippen molar-refractivity contribution in [2.45, 2.75) is 26.8 Å². The molecule has 0 spiro atoms. The van der Waals surface area contributed by atoms with Crippen LogP contribution in [0, 0.1) is 13.8 Å². The molecule has 3 N–H and O–H groups in total. The van der Waals surface area contributed by atoms with Gasteiger partial charge in [0.15, 0.2) is 0 Å². The summed E-state index contributed by atoms with van der Waals surface area (Å²) < 4.78 is 5.10. The van der Waals surface area contributed by atoms with E-state index in [2.05, 4.69) is 10.5 Å². The van der Waals surface area contributed by atoms with Gasteiger partial charge in [-0.1, -0.05) is 16.8 Å². The summed E-state index contributed by atoms with van der Waals surface area (Å²) in [6.07, 6.45) is 0. The largest absolute Gasteiger partial charge is 0.399 e. The number of carbonyl (C=O) groups is 1. The number of anilines is 1. The molecule has 6 heteroatoms. The lowest BCUT2D eigenvalue weighted by atomic mass is 10.1. The third-order valence-corrected chi connectivity index (χ3v) is 3.42.